The molecule has 0 radical (unpaired) electrons. The largest absolute Gasteiger partial charge is 0.365 e. The average Bonchev–Trinajstić information content (AvgIpc) is 2.90. The molecule has 1 unspecified atom stereocenters. The Morgan fingerprint density at radius 2 is 2.00 bits per heavy atom. The van der Waals surface area contributed by atoms with Gasteiger partial charge in [0.15, 0.2) is 0 Å². The van der Waals surface area contributed by atoms with Gasteiger partial charge in [-0.1, -0.05) is 36.7 Å². The van der Waals surface area contributed by atoms with Crippen LogP contribution in [0.1, 0.15) is 32.6 Å². The summed E-state index contributed by atoms with van der Waals surface area (Å²) in [6, 6.07) is 7.90. The molecule has 2 fully saturated rings. The number of benzene rings is 1. The molecule has 1 N–H and O–H groups in total. The molecule has 1 heterocycles. The zero-order chi connectivity index (χ0) is 14.9. The van der Waals surface area contributed by atoms with Crippen molar-refractivity contribution >= 4 is 17.4 Å². The van der Waals surface area contributed by atoms with Crippen LogP contribution in [0, 0.1) is 0 Å². The summed E-state index contributed by atoms with van der Waals surface area (Å²) >= 11 is 0.656. The number of nitrogens with one attached hydrogen (secondary N) is 1. The van der Waals surface area contributed by atoms with Crippen molar-refractivity contribution in [1.29, 1.82) is 0 Å². The van der Waals surface area contributed by atoms with Crippen LogP contribution in [-0.4, -0.2) is 30.4 Å². The molecule has 1 aromatic carbocycles. The van der Waals surface area contributed by atoms with Crippen molar-refractivity contribution in [2.75, 3.05) is 18.0 Å². The van der Waals surface area contributed by atoms with E-state index >= 15 is 0 Å². The van der Waals surface area contributed by atoms with Crippen LogP contribution in [0.15, 0.2) is 29.2 Å². The maximum absolute atomic E-state index is 12.8. The topological polar surface area (TPSA) is 15.3 Å². The Hall–Kier alpha value is -0.810. The van der Waals surface area contributed by atoms with E-state index in [1.165, 1.54) is 25.7 Å². The predicted octanol–water partition coefficient (Wildman–Crippen LogP) is 4.11. The Balaban J connectivity index is 1.87. The zero-order valence-corrected chi connectivity index (χ0v) is 13.1. The Bertz CT molecular complexity index is 489. The first kappa shape index (κ1) is 15.1. The Morgan fingerprint density at radius 1 is 1.29 bits per heavy atom. The lowest BCUT2D eigenvalue weighted by Gasteiger charge is -2.47. The molecule has 1 saturated heterocycles. The van der Waals surface area contributed by atoms with Gasteiger partial charge in [-0.3, -0.25) is 0 Å². The number of alkyl halides is 2. The van der Waals surface area contributed by atoms with Crippen molar-refractivity contribution in [2.45, 2.75) is 54.8 Å². The van der Waals surface area contributed by atoms with Gasteiger partial charge in [0.2, 0.25) is 0 Å². The SMILES string of the molecule is CC1CNC2(CCCC2)CN1c1ccccc1SC(F)F. The third-order valence-electron chi connectivity index (χ3n) is 4.73. The number of rotatable bonds is 3. The minimum atomic E-state index is -2.37. The van der Waals surface area contributed by atoms with Gasteiger partial charge in [0.25, 0.3) is 5.76 Å². The van der Waals surface area contributed by atoms with Crippen LogP contribution < -0.4 is 10.2 Å². The molecule has 2 nitrogen and oxygen atoms in total. The molecule has 1 spiro atoms. The normalized spacial score (nSPS) is 25.0. The molecule has 1 aliphatic heterocycles. The van der Waals surface area contributed by atoms with E-state index in [1.54, 1.807) is 0 Å². The third-order valence-corrected chi connectivity index (χ3v) is 5.51. The van der Waals surface area contributed by atoms with Gasteiger partial charge in [-0.2, -0.15) is 8.78 Å². The van der Waals surface area contributed by atoms with Gasteiger partial charge in [0, 0.05) is 29.6 Å². The fourth-order valence-corrected chi connectivity index (χ4v) is 4.27. The van der Waals surface area contributed by atoms with Crippen molar-refractivity contribution in [3.05, 3.63) is 24.3 Å². The van der Waals surface area contributed by atoms with Crippen molar-refractivity contribution in [2.24, 2.45) is 0 Å². The summed E-state index contributed by atoms with van der Waals surface area (Å²) in [5.74, 6) is -2.37. The third kappa shape index (κ3) is 3.19. The molecular weight excluding hydrogens is 290 g/mol. The smallest absolute Gasteiger partial charge is 0.288 e. The Labute approximate surface area is 129 Å². The van der Waals surface area contributed by atoms with Gasteiger partial charge >= 0.3 is 0 Å². The summed E-state index contributed by atoms with van der Waals surface area (Å²) in [5.41, 5.74) is 1.15. The van der Waals surface area contributed by atoms with Crippen molar-refractivity contribution < 1.29 is 8.78 Å². The van der Waals surface area contributed by atoms with Crippen LogP contribution in [0.2, 0.25) is 0 Å². The van der Waals surface area contributed by atoms with Crippen LogP contribution in [0.3, 0.4) is 0 Å². The maximum atomic E-state index is 12.8. The molecule has 1 aliphatic carbocycles. The van der Waals surface area contributed by atoms with Crippen LogP contribution in [0.4, 0.5) is 14.5 Å². The lowest BCUT2D eigenvalue weighted by atomic mass is 9.92. The van der Waals surface area contributed by atoms with Crippen LogP contribution in [-0.2, 0) is 0 Å². The van der Waals surface area contributed by atoms with E-state index in [1.807, 2.05) is 24.3 Å². The second kappa shape index (κ2) is 6.13. The maximum Gasteiger partial charge on any atom is 0.288 e. The second-order valence-corrected chi connectivity index (χ2v) is 7.22. The van der Waals surface area contributed by atoms with Gasteiger partial charge in [-0.25, -0.2) is 0 Å². The summed E-state index contributed by atoms with van der Waals surface area (Å²) in [4.78, 5) is 3.02. The van der Waals surface area contributed by atoms with Gasteiger partial charge in [-0.15, -0.1) is 0 Å². The highest BCUT2D eigenvalue weighted by Gasteiger charge is 2.40. The molecule has 116 valence electrons. The molecule has 0 bridgehead atoms. The van der Waals surface area contributed by atoms with E-state index in [9.17, 15) is 8.78 Å². The number of hydrogen-bond acceptors (Lipinski definition) is 3. The van der Waals surface area contributed by atoms with Crippen molar-refractivity contribution in [3.63, 3.8) is 0 Å². The first-order chi connectivity index (χ1) is 10.1. The lowest BCUT2D eigenvalue weighted by Crippen LogP contribution is -2.62. The summed E-state index contributed by atoms with van der Waals surface area (Å²) in [5, 5.41) is 3.71. The first-order valence-electron chi connectivity index (χ1n) is 7.65. The molecule has 2 aliphatic rings. The minimum absolute atomic E-state index is 0.190. The number of hydrogen-bond donors (Lipinski definition) is 1. The highest BCUT2D eigenvalue weighted by atomic mass is 32.2. The fourth-order valence-electron chi connectivity index (χ4n) is 3.61. The zero-order valence-electron chi connectivity index (χ0n) is 12.3. The molecule has 0 aromatic heterocycles. The fraction of sp³-hybridized carbons (Fsp3) is 0.625. The lowest BCUT2D eigenvalue weighted by molar-refractivity contribution is 0.252. The first-order valence-corrected chi connectivity index (χ1v) is 8.53. The van der Waals surface area contributed by atoms with Gasteiger partial charge < -0.3 is 10.2 Å². The van der Waals surface area contributed by atoms with Crippen LogP contribution in [0.25, 0.3) is 0 Å². The van der Waals surface area contributed by atoms with Gasteiger partial charge in [0.05, 0.1) is 5.69 Å². The summed E-state index contributed by atoms with van der Waals surface area (Å²) < 4.78 is 25.6. The van der Waals surface area contributed by atoms with E-state index in [4.69, 9.17) is 0 Å². The van der Waals surface area contributed by atoms with Crippen LogP contribution >= 0.6 is 11.8 Å². The number of piperazine rings is 1. The summed E-state index contributed by atoms with van der Waals surface area (Å²) in [7, 11) is 0. The quantitative estimate of drug-likeness (QED) is 0.846. The molecule has 0 amide bonds. The number of thioether (sulfide) groups is 1. The standard InChI is InChI=1S/C16H22F2N2S/c1-12-10-19-16(8-4-5-9-16)11-20(12)13-6-2-3-7-14(13)21-15(17)18/h2-3,6-7,12,15,19H,4-5,8-11H2,1H3. The van der Waals surface area contributed by atoms with Gasteiger partial charge in [0.1, 0.15) is 0 Å². The van der Waals surface area contributed by atoms with E-state index in [0.717, 1.165) is 18.8 Å². The Kier molecular flexibility index (Phi) is 4.41. The van der Waals surface area contributed by atoms with Crippen LogP contribution in [0.5, 0.6) is 0 Å². The van der Waals surface area contributed by atoms with E-state index in [0.29, 0.717) is 22.7 Å². The summed E-state index contributed by atoms with van der Waals surface area (Å²) in [6.45, 7) is 4.02. The molecule has 1 saturated carbocycles. The number of para-hydroxylation sites is 1. The molecule has 21 heavy (non-hydrogen) atoms. The molecule has 5 heteroatoms. The second-order valence-electron chi connectivity index (χ2n) is 6.19. The predicted molar refractivity (Wildman–Crippen MR) is 84.3 cm³/mol. The highest BCUT2D eigenvalue weighted by Crippen LogP contribution is 2.39. The van der Waals surface area contributed by atoms with Crippen molar-refractivity contribution in [3.8, 4) is 0 Å². The van der Waals surface area contributed by atoms with E-state index in [-0.39, 0.29) is 5.54 Å². The van der Waals surface area contributed by atoms with Crippen molar-refractivity contribution in [1.82, 2.24) is 5.32 Å². The monoisotopic (exact) mass is 312 g/mol. The number of halogens is 2. The van der Waals surface area contributed by atoms with E-state index < -0.39 is 5.76 Å². The highest BCUT2D eigenvalue weighted by molar-refractivity contribution is 7.99. The Morgan fingerprint density at radius 3 is 2.71 bits per heavy atom. The molecule has 3 rings (SSSR count). The minimum Gasteiger partial charge on any atom is -0.365 e. The molecule has 1 aromatic rings. The number of nitrogens with zero attached hydrogens (tertiary/aromatic N) is 1. The van der Waals surface area contributed by atoms with Gasteiger partial charge in [-0.05, 0) is 31.9 Å². The molecular formula is C16H22F2N2S. The molecule has 1 atom stereocenters. The average molecular weight is 312 g/mol. The number of anilines is 1. The summed E-state index contributed by atoms with van der Waals surface area (Å²) in [6.07, 6.45) is 4.92. The van der Waals surface area contributed by atoms with E-state index in [2.05, 4.69) is 17.1 Å².